The van der Waals surface area contributed by atoms with Crippen LogP contribution in [0.5, 0.6) is 0 Å². The number of carboxylic acid groups (broad SMARTS) is 1. The third kappa shape index (κ3) is 3.40. The molecule has 1 amide bonds. The highest BCUT2D eigenvalue weighted by Crippen LogP contribution is 2.32. The number of hydrogen-bond donors (Lipinski definition) is 2. The highest BCUT2D eigenvalue weighted by Gasteiger charge is 2.34. The number of carbonyl (C=O) groups is 2. The van der Waals surface area contributed by atoms with E-state index in [0.29, 0.717) is 0 Å². The summed E-state index contributed by atoms with van der Waals surface area (Å²) in [6, 6.07) is 6.71. The number of pyridine rings is 1. The molecule has 5 nitrogen and oxygen atoms in total. The molecule has 2 N–H and O–H groups in total. The van der Waals surface area contributed by atoms with Gasteiger partial charge in [-0.05, 0) is 24.3 Å². The molecule has 114 valence electrons. The largest absolute Gasteiger partial charge is 0.478 e. The average Bonchev–Trinajstić information content (AvgIpc) is 2.47. The summed E-state index contributed by atoms with van der Waals surface area (Å²) >= 11 is 0. The van der Waals surface area contributed by atoms with Crippen molar-refractivity contribution in [2.75, 3.05) is 5.32 Å². The van der Waals surface area contributed by atoms with E-state index in [-0.39, 0.29) is 11.4 Å². The minimum Gasteiger partial charge on any atom is -0.478 e. The molecule has 0 aliphatic heterocycles. The van der Waals surface area contributed by atoms with Gasteiger partial charge in [-0.1, -0.05) is 12.1 Å². The Hall–Kier alpha value is -2.90. The van der Waals surface area contributed by atoms with E-state index in [2.05, 4.69) is 10.3 Å². The average molecular weight is 310 g/mol. The summed E-state index contributed by atoms with van der Waals surface area (Å²) in [4.78, 5) is 26.3. The van der Waals surface area contributed by atoms with Crippen molar-refractivity contribution in [1.29, 1.82) is 0 Å². The molecule has 0 fully saturated rings. The first-order valence-electron chi connectivity index (χ1n) is 5.96. The van der Waals surface area contributed by atoms with E-state index in [9.17, 15) is 22.8 Å². The summed E-state index contributed by atoms with van der Waals surface area (Å²) in [5, 5.41) is 10.9. The van der Waals surface area contributed by atoms with Crippen molar-refractivity contribution in [3.8, 4) is 0 Å². The number of rotatable bonds is 3. The van der Waals surface area contributed by atoms with Gasteiger partial charge in [0.2, 0.25) is 0 Å². The van der Waals surface area contributed by atoms with Crippen LogP contribution in [0.4, 0.5) is 19.0 Å². The van der Waals surface area contributed by atoms with E-state index in [1.807, 2.05) is 0 Å². The number of benzene rings is 1. The number of nitrogens with one attached hydrogen (secondary N) is 1. The maximum absolute atomic E-state index is 12.8. The molecule has 0 aliphatic rings. The first kappa shape index (κ1) is 15.5. The van der Waals surface area contributed by atoms with Crippen molar-refractivity contribution < 1.29 is 27.9 Å². The number of hydrogen-bond acceptors (Lipinski definition) is 3. The molecule has 0 saturated carbocycles. The zero-order valence-corrected chi connectivity index (χ0v) is 10.9. The minimum absolute atomic E-state index is 0.0491. The molecule has 22 heavy (non-hydrogen) atoms. The lowest BCUT2D eigenvalue weighted by Gasteiger charge is -2.12. The summed E-state index contributed by atoms with van der Waals surface area (Å²) in [6.07, 6.45) is -3.66. The van der Waals surface area contributed by atoms with Gasteiger partial charge in [-0.15, -0.1) is 0 Å². The van der Waals surface area contributed by atoms with Crippen LogP contribution in [-0.2, 0) is 6.18 Å². The highest BCUT2D eigenvalue weighted by atomic mass is 19.4. The molecule has 0 unspecified atom stereocenters. The first-order valence-corrected chi connectivity index (χ1v) is 5.96. The summed E-state index contributed by atoms with van der Waals surface area (Å²) in [5.41, 5.74) is -1.71. The van der Waals surface area contributed by atoms with Crippen LogP contribution in [0.25, 0.3) is 0 Å². The van der Waals surface area contributed by atoms with E-state index in [0.717, 1.165) is 18.3 Å². The first-order chi connectivity index (χ1) is 10.3. The number of carboxylic acids is 1. The topological polar surface area (TPSA) is 79.3 Å². The summed E-state index contributed by atoms with van der Waals surface area (Å²) < 4.78 is 38.5. The van der Waals surface area contributed by atoms with Gasteiger partial charge in [-0.2, -0.15) is 13.2 Å². The van der Waals surface area contributed by atoms with Crippen LogP contribution in [-0.4, -0.2) is 22.0 Å². The standard InChI is InChI=1S/C14H9F3N2O3/c15-14(16,17)10-4-2-1-3-9(10)12(20)19-11-6-5-8(7-18-11)13(21)22/h1-7H,(H,21,22)(H,18,19,20). The van der Waals surface area contributed by atoms with E-state index in [1.54, 1.807) is 0 Å². The van der Waals surface area contributed by atoms with Gasteiger partial charge in [0.1, 0.15) is 5.82 Å². The Morgan fingerprint density at radius 1 is 1.09 bits per heavy atom. The Bertz CT molecular complexity index is 712. The van der Waals surface area contributed by atoms with Crippen LogP contribution in [0.15, 0.2) is 42.6 Å². The van der Waals surface area contributed by atoms with E-state index < -0.39 is 29.2 Å². The van der Waals surface area contributed by atoms with Crippen molar-refractivity contribution in [2.24, 2.45) is 0 Å². The monoisotopic (exact) mass is 310 g/mol. The molecule has 1 aromatic heterocycles. The number of alkyl halides is 3. The Labute approximate surface area is 122 Å². The number of carbonyl (C=O) groups excluding carboxylic acids is 1. The van der Waals surface area contributed by atoms with Crippen LogP contribution >= 0.6 is 0 Å². The van der Waals surface area contributed by atoms with Gasteiger partial charge in [0.25, 0.3) is 5.91 Å². The molecule has 2 rings (SSSR count). The zero-order chi connectivity index (χ0) is 16.3. The van der Waals surface area contributed by atoms with Crippen molar-refractivity contribution in [3.05, 3.63) is 59.3 Å². The number of nitrogens with zero attached hydrogens (tertiary/aromatic N) is 1. The lowest BCUT2D eigenvalue weighted by atomic mass is 10.1. The van der Waals surface area contributed by atoms with Crippen LogP contribution in [0.1, 0.15) is 26.3 Å². The molecule has 0 radical (unpaired) electrons. The Balaban J connectivity index is 2.25. The van der Waals surface area contributed by atoms with E-state index in [1.165, 1.54) is 24.3 Å². The second kappa shape index (κ2) is 5.84. The van der Waals surface area contributed by atoms with Gasteiger partial charge in [-0.3, -0.25) is 4.79 Å². The van der Waals surface area contributed by atoms with Crippen molar-refractivity contribution >= 4 is 17.7 Å². The maximum Gasteiger partial charge on any atom is 0.417 e. The van der Waals surface area contributed by atoms with E-state index in [4.69, 9.17) is 5.11 Å². The van der Waals surface area contributed by atoms with Crippen LogP contribution < -0.4 is 5.32 Å². The van der Waals surface area contributed by atoms with Crippen LogP contribution in [0, 0.1) is 0 Å². The normalized spacial score (nSPS) is 11.0. The fraction of sp³-hybridized carbons (Fsp3) is 0.0714. The Kier molecular flexibility index (Phi) is 4.11. The molecule has 2 aromatic rings. The molecule has 0 atom stereocenters. The fourth-order valence-electron chi connectivity index (χ4n) is 1.71. The zero-order valence-electron chi connectivity index (χ0n) is 10.9. The van der Waals surface area contributed by atoms with Crippen LogP contribution in [0.3, 0.4) is 0 Å². The Morgan fingerprint density at radius 2 is 1.77 bits per heavy atom. The molecule has 0 aliphatic carbocycles. The SMILES string of the molecule is O=C(O)c1ccc(NC(=O)c2ccccc2C(F)(F)F)nc1. The van der Waals surface area contributed by atoms with Gasteiger partial charge in [0, 0.05) is 6.20 Å². The number of anilines is 1. The van der Waals surface area contributed by atoms with Gasteiger partial charge >= 0.3 is 12.1 Å². The quantitative estimate of drug-likeness (QED) is 0.913. The number of amides is 1. The molecular formula is C14H9F3N2O3. The van der Waals surface area contributed by atoms with Gasteiger partial charge in [0.15, 0.2) is 0 Å². The predicted molar refractivity (Wildman–Crippen MR) is 70.6 cm³/mol. The van der Waals surface area contributed by atoms with Gasteiger partial charge in [-0.25, -0.2) is 9.78 Å². The Morgan fingerprint density at radius 3 is 2.32 bits per heavy atom. The second-order valence-electron chi connectivity index (χ2n) is 4.23. The summed E-state index contributed by atoms with van der Waals surface area (Å²) in [5.74, 6) is -2.23. The summed E-state index contributed by atoms with van der Waals surface area (Å²) in [6.45, 7) is 0. The third-order valence-electron chi connectivity index (χ3n) is 2.73. The fourth-order valence-corrected chi connectivity index (χ4v) is 1.71. The molecule has 8 heteroatoms. The molecule has 1 heterocycles. The molecule has 0 saturated heterocycles. The number of aromatic nitrogens is 1. The molecular weight excluding hydrogens is 301 g/mol. The smallest absolute Gasteiger partial charge is 0.417 e. The van der Waals surface area contributed by atoms with Crippen molar-refractivity contribution in [1.82, 2.24) is 4.98 Å². The number of halogens is 3. The van der Waals surface area contributed by atoms with Gasteiger partial charge in [0.05, 0.1) is 16.7 Å². The van der Waals surface area contributed by atoms with Crippen LogP contribution in [0.2, 0.25) is 0 Å². The molecule has 1 aromatic carbocycles. The van der Waals surface area contributed by atoms with E-state index >= 15 is 0 Å². The third-order valence-corrected chi connectivity index (χ3v) is 2.73. The lowest BCUT2D eigenvalue weighted by molar-refractivity contribution is -0.137. The molecule has 0 bridgehead atoms. The summed E-state index contributed by atoms with van der Waals surface area (Å²) in [7, 11) is 0. The van der Waals surface area contributed by atoms with Crippen molar-refractivity contribution in [2.45, 2.75) is 6.18 Å². The minimum atomic E-state index is -4.66. The highest BCUT2D eigenvalue weighted by molar-refractivity contribution is 6.05. The van der Waals surface area contributed by atoms with Gasteiger partial charge < -0.3 is 10.4 Å². The van der Waals surface area contributed by atoms with Crippen molar-refractivity contribution in [3.63, 3.8) is 0 Å². The molecule has 0 spiro atoms. The maximum atomic E-state index is 12.8. The number of aromatic carboxylic acids is 1. The predicted octanol–water partition coefficient (Wildman–Crippen LogP) is 3.05. The lowest BCUT2D eigenvalue weighted by Crippen LogP contribution is -2.19. The second-order valence-corrected chi connectivity index (χ2v) is 4.23.